The van der Waals surface area contributed by atoms with Crippen LogP contribution in [0.25, 0.3) is 11.3 Å². The summed E-state index contributed by atoms with van der Waals surface area (Å²) in [5.41, 5.74) is 2.07. The number of hydrogen-bond acceptors (Lipinski definition) is 7. The molecule has 0 unspecified atom stereocenters. The van der Waals surface area contributed by atoms with E-state index in [0.717, 1.165) is 21.9 Å². The summed E-state index contributed by atoms with van der Waals surface area (Å²) in [7, 11) is -1.99. The van der Waals surface area contributed by atoms with Gasteiger partial charge in [0.15, 0.2) is 5.13 Å². The van der Waals surface area contributed by atoms with Crippen molar-refractivity contribution in [3.63, 3.8) is 0 Å². The molecule has 1 N–H and O–H groups in total. The first kappa shape index (κ1) is 22.4. The van der Waals surface area contributed by atoms with Gasteiger partial charge in [-0.1, -0.05) is 0 Å². The molecule has 8 nitrogen and oxygen atoms in total. The summed E-state index contributed by atoms with van der Waals surface area (Å²) in [6.07, 6.45) is 0. The third-order valence-electron chi connectivity index (χ3n) is 5.10. The van der Waals surface area contributed by atoms with Crippen molar-refractivity contribution in [1.82, 2.24) is 9.29 Å². The van der Waals surface area contributed by atoms with E-state index in [0.29, 0.717) is 37.0 Å². The number of carbonyl (C=O) groups is 1. The van der Waals surface area contributed by atoms with Gasteiger partial charge in [0, 0.05) is 29.1 Å². The quantitative estimate of drug-likeness (QED) is 0.589. The fourth-order valence-corrected chi connectivity index (χ4v) is 5.59. The van der Waals surface area contributed by atoms with Gasteiger partial charge < -0.3 is 9.47 Å². The largest absolute Gasteiger partial charge is 0.497 e. The lowest BCUT2D eigenvalue weighted by Gasteiger charge is -2.26. The Bertz CT molecular complexity index is 1200. The van der Waals surface area contributed by atoms with Gasteiger partial charge in [-0.2, -0.15) is 4.31 Å². The number of morpholine rings is 1. The number of methoxy groups -OCH3 is 1. The van der Waals surface area contributed by atoms with Crippen molar-refractivity contribution in [2.45, 2.75) is 11.8 Å². The van der Waals surface area contributed by atoms with Crippen LogP contribution in [0.4, 0.5) is 5.13 Å². The second kappa shape index (κ2) is 9.37. The van der Waals surface area contributed by atoms with Gasteiger partial charge in [0.25, 0.3) is 5.91 Å². The van der Waals surface area contributed by atoms with Crippen LogP contribution in [0.1, 0.15) is 15.2 Å². The Morgan fingerprint density at radius 2 is 1.75 bits per heavy atom. The zero-order valence-corrected chi connectivity index (χ0v) is 19.3. The van der Waals surface area contributed by atoms with Crippen LogP contribution < -0.4 is 10.1 Å². The maximum atomic E-state index is 12.7. The van der Waals surface area contributed by atoms with Crippen LogP contribution in [-0.4, -0.2) is 57.0 Å². The molecule has 0 radical (unpaired) electrons. The van der Waals surface area contributed by atoms with E-state index in [2.05, 4.69) is 10.3 Å². The molecule has 1 aromatic heterocycles. The fourth-order valence-electron chi connectivity index (χ4n) is 3.35. The molecular formula is C22H23N3O5S2. The average molecular weight is 474 g/mol. The summed E-state index contributed by atoms with van der Waals surface area (Å²) in [5.74, 6) is 0.407. The van der Waals surface area contributed by atoms with Crippen molar-refractivity contribution in [1.29, 1.82) is 0 Å². The highest BCUT2D eigenvalue weighted by Gasteiger charge is 2.26. The molecule has 0 bridgehead atoms. The standard InChI is InChI=1S/C22H23N3O5S2/c1-15-20(16-3-7-18(29-2)8-4-16)23-22(31-15)24-21(26)17-5-9-19(10-6-17)32(27,28)25-11-13-30-14-12-25/h3-10H,11-14H2,1-2H3,(H,23,24,26). The fraction of sp³-hybridized carbons (Fsp3) is 0.273. The highest BCUT2D eigenvalue weighted by molar-refractivity contribution is 7.89. The van der Waals surface area contributed by atoms with Crippen LogP contribution in [0.15, 0.2) is 53.4 Å². The molecule has 3 aromatic rings. The molecule has 1 saturated heterocycles. The number of sulfonamides is 1. The van der Waals surface area contributed by atoms with Crippen molar-refractivity contribution in [2.24, 2.45) is 0 Å². The van der Waals surface area contributed by atoms with E-state index in [1.807, 2.05) is 31.2 Å². The number of aromatic nitrogens is 1. The molecule has 0 atom stereocenters. The number of rotatable bonds is 6. The predicted molar refractivity (Wildman–Crippen MR) is 123 cm³/mol. The summed E-state index contributed by atoms with van der Waals surface area (Å²) in [5, 5.41) is 3.28. The number of amides is 1. The first-order valence-electron chi connectivity index (χ1n) is 9.99. The van der Waals surface area contributed by atoms with E-state index in [4.69, 9.17) is 9.47 Å². The number of hydrogen-bond donors (Lipinski definition) is 1. The van der Waals surface area contributed by atoms with Crippen molar-refractivity contribution >= 4 is 32.4 Å². The van der Waals surface area contributed by atoms with Gasteiger partial charge >= 0.3 is 0 Å². The first-order chi connectivity index (χ1) is 15.4. The van der Waals surface area contributed by atoms with Gasteiger partial charge in [0.2, 0.25) is 10.0 Å². The van der Waals surface area contributed by atoms with Gasteiger partial charge in [-0.25, -0.2) is 13.4 Å². The van der Waals surface area contributed by atoms with Crippen LogP contribution in [0.2, 0.25) is 0 Å². The maximum Gasteiger partial charge on any atom is 0.257 e. The molecule has 1 amide bonds. The van der Waals surface area contributed by atoms with E-state index < -0.39 is 10.0 Å². The topological polar surface area (TPSA) is 97.8 Å². The Morgan fingerprint density at radius 3 is 2.38 bits per heavy atom. The Hall–Kier alpha value is -2.79. The van der Waals surface area contributed by atoms with E-state index in [-0.39, 0.29) is 10.8 Å². The number of ether oxygens (including phenoxy) is 2. The van der Waals surface area contributed by atoms with Gasteiger partial charge in [-0.15, -0.1) is 11.3 Å². The summed E-state index contributed by atoms with van der Waals surface area (Å²) in [4.78, 5) is 18.4. The lowest BCUT2D eigenvalue weighted by Crippen LogP contribution is -2.40. The summed E-state index contributed by atoms with van der Waals surface area (Å²) in [6, 6.07) is 13.5. The minimum Gasteiger partial charge on any atom is -0.497 e. The van der Waals surface area contributed by atoms with Crippen LogP contribution in [0, 0.1) is 6.92 Å². The smallest absolute Gasteiger partial charge is 0.257 e. The highest BCUT2D eigenvalue weighted by Crippen LogP contribution is 2.31. The number of anilines is 1. The minimum absolute atomic E-state index is 0.155. The van der Waals surface area contributed by atoms with E-state index in [1.165, 1.54) is 39.9 Å². The molecule has 168 valence electrons. The zero-order valence-electron chi connectivity index (χ0n) is 17.7. The molecule has 2 heterocycles. The Kier molecular flexibility index (Phi) is 6.56. The van der Waals surface area contributed by atoms with Gasteiger partial charge in [0.05, 0.1) is 30.9 Å². The third-order valence-corrected chi connectivity index (χ3v) is 7.90. The van der Waals surface area contributed by atoms with E-state index >= 15 is 0 Å². The molecule has 1 aliphatic rings. The molecule has 1 aliphatic heterocycles. The second-order valence-electron chi connectivity index (χ2n) is 7.15. The molecule has 0 aliphatic carbocycles. The summed E-state index contributed by atoms with van der Waals surface area (Å²) >= 11 is 1.38. The van der Waals surface area contributed by atoms with Crippen molar-refractivity contribution in [3.05, 3.63) is 59.0 Å². The number of benzene rings is 2. The van der Waals surface area contributed by atoms with E-state index in [1.54, 1.807) is 7.11 Å². The number of aryl methyl sites for hydroxylation is 1. The Labute approximate surface area is 190 Å². The lowest BCUT2D eigenvalue weighted by atomic mass is 10.1. The minimum atomic E-state index is -3.60. The second-order valence-corrected chi connectivity index (χ2v) is 10.3. The molecule has 1 fully saturated rings. The third kappa shape index (κ3) is 4.68. The van der Waals surface area contributed by atoms with Crippen LogP contribution in [0.3, 0.4) is 0 Å². The van der Waals surface area contributed by atoms with Crippen LogP contribution in [-0.2, 0) is 14.8 Å². The molecular weight excluding hydrogens is 450 g/mol. The number of thiazole rings is 1. The molecule has 0 saturated carbocycles. The molecule has 32 heavy (non-hydrogen) atoms. The van der Waals surface area contributed by atoms with Gasteiger partial charge in [0.1, 0.15) is 5.75 Å². The molecule has 2 aromatic carbocycles. The summed E-state index contributed by atoms with van der Waals surface area (Å²) < 4.78 is 37.3. The summed E-state index contributed by atoms with van der Waals surface area (Å²) in [6.45, 7) is 3.35. The Morgan fingerprint density at radius 1 is 1.09 bits per heavy atom. The lowest BCUT2D eigenvalue weighted by molar-refractivity contribution is 0.0730. The number of nitrogens with zero attached hydrogens (tertiary/aromatic N) is 2. The molecule has 10 heteroatoms. The van der Waals surface area contributed by atoms with Gasteiger partial charge in [-0.3, -0.25) is 10.1 Å². The van der Waals surface area contributed by atoms with Crippen LogP contribution >= 0.6 is 11.3 Å². The van der Waals surface area contributed by atoms with Crippen LogP contribution in [0.5, 0.6) is 5.75 Å². The van der Waals surface area contributed by atoms with Crippen molar-refractivity contribution in [2.75, 3.05) is 38.7 Å². The number of nitrogens with one attached hydrogen (secondary N) is 1. The highest BCUT2D eigenvalue weighted by atomic mass is 32.2. The molecule has 4 rings (SSSR count). The SMILES string of the molecule is COc1ccc(-c2nc(NC(=O)c3ccc(S(=O)(=O)N4CCOCC4)cc3)sc2C)cc1. The van der Waals surface area contributed by atoms with Crippen molar-refractivity contribution in [3.8, 4) is 17.0 Å². The Balaban J connectivity index is 1.47. The zero-order chi connectivity index (χ0) is 22.7. The van der Waals surface area contributed by atoms with E-state index in [9.17, 15) is 13.2 Å². The predicted octanol–water partition coefficient (Wildman–Crippen LogP) is 3.40. The first-order valence-corrected chi connectivity index (χ1v) is 12.3. The normalized spacial score (nSPS) is 14.8. The maximum absolute atomic E-state index is 12.7. The average Bonchev–Trinajstić information content (AvgIpc) is 3.19. The molecule has 0 spiro atoms. The monoisotopic (exact) mass is 473 g/mol. The van der Waals surface area contributed by atoms with Gasteiger partial charge in [-0.05, 0) is 55.5 Å². The number of carbonyl (C=O) groups excluding carboxylic acids is 1. The van der Waals surface area contributed by atoms with Crippen molar-refractivity contribution < 1.29 is 22.7 Å².